The second-order valence-electron chi connectivity index (χ2n) is 4.70. The Morgan fingerprint density at radius 2 is 1.68 bits per heavy atom. The molecule has 0 radical (unpaired) electrons. The summed E-state index contributed by atoms with van der Waals surface area (Å²) in [4.78, 5) is 25.0. The minimum atomic E-state index is -0.325. The molecule has 0 spiro atoms. The molecule has 2 aromatic rings. The quantitative estimate of drug-likeness (QED) is 0.911. The Bertz CT molecular complexity index is 715. The summed E-state index contributed by atoms with van der Waals surface area (Å²) in [5.74, 6) is -0.390. The molecule has 0 aromatic heterocycles. The molecular formula is C16H14Cl2N2O2. The van der Waals surface area contributed by atoms with Gasteiger partial charge in [-0.3, -0.25) is 9.59 Å². The average molecular weight is 337 g/mol. The molecule has 0 unspecified atom stereocenters. The molecule has 1 N–H and O–H groups in total. The summed E-state index contributed by atoms with van der Waals surface area (Å²) in [6.45, 7) is 1.48. The van der Waals surface area contributed by atoms with E-state index in [9.17, 15) is 9.59 Å². The van der Waals surface area contributed by atoms with E-state index >= 15 is 0 Å². The zero-order chi connectivity index (χ0) is 16.3. The summed E-state index contributed by atoms with van der Waals surface area (Å²) in [5.41, 5.74) is 1.70. The first-order valence-corrected chi connectivity index (χ1v) is 7.25. The number of hydrogen-bond donors (Lipinski definition) is 1. The van der Waals surface area contributed by atoms with Crippen LogP contribution < -0.4 is 10.2 Å². The lowest BCUT2D eigenvalue weighted by atomic mass is 10.2. The molecule has 0 aliphatic heterocycles. The molecule has 0 heterocycles. The van der Waals surface area contributed by atoms with Crippen LogP contribution in [0, 0.1) is 0 Å². The van der Waals surface area contributed by atoms with Gasteiger partial charge in [0, 0.05) is 30.4 Å². The van der Waals surface area contributed by atoms with Gasteiger partial charge in [0.2, 0.25) is 5.91 Å². The maximum atomic E-state index is 12.2. The molecule has 6 heteroatoms. The number of carbonyl (C=O) groups excluding carboxylic acids is 2. The van der Waals surface area contributed by atoms with Crippen LogP contribution in [0.2, 0.25) is 10.0 Å². The van der Waals surface area contributed by atoms with Gasteiger partial charge in [0.1, 0.15) is 0 Å². The fourth-order valence-corrected chi connectivity index (χ4v) is 2.32. The highest BCUT2D eigenvalue weighted by Gasteiger charge is 2.11. The smallest absolute Gasteiger partial charge is 0.257 e. The predicted octanol–water partition coefficient (Wildman–Crippen LogP) is 4.23. The molecule has 2 aromatic carbocycles. The second kappa shape index (κ2) is 6.81. The molecule has 0 fully saturated rings. The van der Waals surface area contributed by atoms with E-state index in [4.69, 9.17) is 23.2 Å². The van der Waals surface area contributed by atoms with Crippen molar-refractivity contribution in [1.82, 2.24) is 0 Å². The second-order valence-corrected chi connectivity index (χ2v) is 5.55. The third-order valence-electron chi connectivity index (χ3n) is 3.16. The maximum absolute atomic E-state index is 12.2. The molecule has 0 saturated heterocycles. The third-order valence-corrected chi connectivity index (χ3v) is 3.71. The number of anilines is 2. The highest BCUT2D eigenvalue weighted by Crippen LogP contribution is 2.23. The van der Waals surface area contributed by atoms with Crippen molar-refractivity contribution in [2.24, 2.45) is 0 Å². The lowest BCUT2D eigenvalue weighted by Crippen LogP contribution is -2.22. The highest BCUT2D eigenvalue weighted by molar-refractivity contribution is 6.37. The Hall–Kier alpha value is -2.04. The number of nitrogens with zero attached hydrogens (tertiary/aromatic N) is 1. The molecule has 0 atom stereocenters. The number of benzene rings is 2. The number of rotatable bonds is 3. The molecule has 2 rings (SSSR count). The molecule has 0 bridgehead atoms. The van der Waals surface area contributed by atoms with Crippen molar-refractivity contribution in [1.29, 1.82) is 0 Å². The first-order chi connectivity index (χ1) is 10.4. The summed E-state index contributed by atoms with van der Waals surface area (Å²) in [7, 11) is 1.68. The number of nitrogens with one attached hydrogen (secondary N) is 1. The number of amides is 2. The highest BCUT2D eigenvalue weighted by atomic mass is 35.5. The van der Waals surface area contributed by atoms with E-state index in [1.54, 1.807) is 43.4 Å². The summed E-state index contributed by atoms with van der Waals surface area (Å²) in [6.07, 6.45) is 0. The maximum Gasteiger partial charge on any atom is 0.257 e. The van der Waals surface area contributed by atoms with Crippen molar-refractivity contribution in [2.45, 2.75) is 6.92 Å². The van der Waals surface area contributed by atoms with Crippen molar-refractivity contribution in [3.63, 3.8) is 0 Å². The van der Waals surface area contributed by atoms with Gasteiger partial charge in [-0.25, -0.2) is 0 Å². The standard InChI is InChI=1S/C16H14Cl2N2O2/c1-10(21)20(2)13-6-4-12(5-7-13)19-16(22)14-8-3-11(17)9-15(14)18/h3-9H,1-2H3,(H,19,22). The summed E-state index contributed by atoms with van der Waals surface area (Å²) in [5, 5.41) is 3.50. The zero-order valence-corrected chi connectivity index (χ0v) is 13.6. The Labute approximate surface area is 138 Å². The van der Waals surface area contributed by atoms with Crippen LogP contribution in [0.15, 0.2) is 42.5 Å². The van der Waals surface area contributed by atoms with E-state index in [2.05, 4.69) is 5.32 Å². The minimum Gasteiger partial charge on any atom is -0.322 e. The molecule has 2 amide bonds. The number of halogens is 2. The normalized spacial score (nSPS) is 10.2. The molecular weight excluding hydrogens is 323 g/mol. The van der Waals surface area contributed by atoms with Crippen molar-refractivity contribution >= 4 is 46.4 Å². The summed E-state index contributed by atoms with van der Waals surface area (Å²) < 4.78 is 0. The van der Waals surface area contributed by atoms with Crippen LogP contribution in [0.1, 0.15) is 17.3 Å². The molecule has 0 aliphatic rings. The van der Waals surface area contributed by atoms with E-state index in [-0.39, 0.29) is 16.8 Å². The van der Waals surface area contributed by atoms with Gasteiger partial charge in [0.25, 0.3) is 5.91 Å². The van der Waals surface area contributed by atoms with Crippen LogP contribution in [-0.4, -0.2) is 18.9 Å². The summed E-state index contributed by atoms with van der Waals surface area (Å²) >= 11 is 11.8. The first-order valence-electron chi connectivity index (χ1n) is 6.49. The monoisotopic (exact) mass is 336 g/mol. The van der Waals surface area contributed by atoms with Crippen molar-refractivity contribution in [3.8, 4) is 0 Å². The molecule has 0 saturated carbocycles. The number of carbonyl (C=O) groups is 2. The Kier molecular flexibility index (Phi) is 5.06. The Morgan fingerprint density at radius 3 is 2.23 bits per heavy atom. The van der Waals surface area contributed by atoms with Gasteiger partial charge in [-0.2, -0.15) is 0 Å². The SMILES string of the molecule is CC(=O)N(C)c1ccc(NC(=O)c2ccc(Cl)cc2Cl)cc1. The van der Waals surface area contributed by atoms with E-state index in [1.807, 2.05) is 0 Å². The fourth-order valence-electron chi connectivity index (χ4n) is 1.82. The van der Waals surface area contributed by atoms with E-state index in [0.717, 1.165) is 5.69 Å². The Balaban J connectivity index is 2.13. The fraction of sp³-hybridized carbons (Fsp3) is 0.125. The molecule has 114 valence electrons. The first kappa shape index (κ1) is 16.3. The molecule has 22 heavy (non-hydrogen) atoms. The van der Waals surface area contributed by atoms with Crippen LogP contribution >= 0.6 is 23.2 Å². The van der Waals surface area contributed by atoms with E-state index in [1.165, 1.54) is 17.9 Å². The minimum absolute atomic E-state index is 0.0651. The van der Waals surface area contributed by atoms with Gasteiger partial charge in [-0.15, -0.1) is 0 Å². The lowest BCUT2D eigenvalue weighted by Gasteiger charge is -2.15. The van der Waals surface area contributed by atoms with Crippen LogP contribution in [0.3, 0.4) is 0 Å². The van der Waals surface area contributed by atoms with Crippen molar-refractivity contribution < 1.29 is 9.59 Å². The lowest BCUT2D eigenvalue weighted by molar-refractivity contribution is -0.116. The Morgan fingerprint density at radius 1 is 1.05 bits per heavy atom. The van der Waals surface area contributed by atoms with Gasteiger partial charge in [0.05, 0.1) is 10.6 Å². The van der Waals surface area contributed by atoms with E-state index < -0.39 is 0 Å². The summed E-state index contributed by atoms with van der Waals surface area (Å²) in [6, 6.07) is 11.6. The topological polar surface area (TPSA) is 49.4 Å². The molecule has 4 nitrogen and oxygen atoms in total. The van der Waals surface area contributed by atoms with Crippen LogP contribution in [0.25, 0.3) is 0 Å². The van der Waals surface area contributed by atoms with Gasteiger partial charge in [0.15, 0.2) is 0 Å². The van der Waals surface area contributed by atoms with Gasteiger partial charge in [-0.1, -0.05) is 23.2 Å². The van der Waals surface area contributed by atoms with Crippen LogP contribution in [0.4, 0.5) is 11.4 Å². The average Bonchev–Trinajstić information content (AvgIpc) is 2.47. The third kappa shape index (κ3) is 3.78. The van der Waals surface area contributed by atoms with Crippen molar-refractivity contribution in [3.05, 3.63) is 58.1 Å². The van der Waals surface area contributed by atoms with Crippen molar-refractivity contribution in [2.75, 3.05) is 17.3 Å². The zero-order valence-electron chi connectivity index (χ0n) is 12.1. The largest absolute Gasteiger partial charge is 0.322 e. The predicted molar refractivity (Wildman–Crippen MR) is 89.9 cm³/mol. The molecule has 0 aliphatic carbocycles. The number of hydrogen-bond acceptors (Lipinski definition) is 2. The van der Waals surface area contributed by atoms with Crippen LogP contribution in [-0.2, 0) is 4.79 Å². The van der Waals surface area contributed by atoms with Gasteiger partial charge in [-0.05, 0) is 42.5 Å². The van der Waals surface area contributed by atoms with Crippen LogP contribution in [0.5, 0.6) is 0 Å². The van der Waals surface area contributed by atoms with E-state index in [0.29, 0.717) is 16.3 Å². The van der Waals surface area contributed by atoms with Gasteiger partial charge < -0.3 is 10.2 Å². The van der Waals surface area contributed by atoms with Gasteiger partial charge >= 0.3 is 0 Å².